The lowest BCUT2D eigenvalue weighted by Gasteiger charge is -2.34. The first-order chi connectivity index (χ1) is 12.5. The van der Waals surface area contributed by atoms with Gasteiger partial charge in [-0.3, -0.25) is 9.59 Å². The van der Waals surface area contributed by atoms with Gasteiger partial charge in [0.25, 0.3) is 5.91 Å². The number of carbonyl (C=O) groups excluding carboxylic acids is 2. The number of carbonyl (C=O) groups is 2. The van der Waals surface area contributed by atoms with Crippen molar-refractivity contribution in [2.75, 3.05) is 0 Å². The number of ether oxygens (including phenoxy) is 1. The lowest BCUT2D eigenvalue weighted by molar-refractivity contribution is -0.143. The maximum atomic E-state index is 13.1. The summed E-state index contributed by atoms with van der Waals surface area (Å²) in [6.45, 7) is 3.82. The summed E-state index contributed by atoms with van der Waals surface area (Å²) >= 11 is 0. The highest BCUT2D eigenvalue weighted by molar-refractivity contribution is 6.04. The maximum Gasteiger partial charge on any atom is 0.311 e. The number of fused-ring (bicyclic) bond motifs is 1. The zero-order valence-corrected chi connectivity index (χ0v) is 14.8. The second-order valence-electron chi connectivity index (χ2n) is 6.89. The SMILES string of the molecule is Cc1ccc(C2=NN(C(=O)c3ccccc3)[C@@H]3[C@H](C)C(=O)O[C@@H]3C2)cc1. The molecule has 0 radical (unpaired) electrons. The molecule has 26 heavy (non-hydrogen) atoms. The van der Waals surface area contributed by atoms with E-state index >= 15 is 0 Å². The molecule has 5 heteroatoms. The summed E-state index contributed by atoms with van der Waals surface area (Å²) in [7, 11) is 0. The van der Waals surface area contributed by atoms with Crippen molar-refractivity contribution < 1.29 is 14.3 Å². The van der Waals surface area contributed by atoms with E-state index in [1.807, 2.05) is 49.4 Å². The highest BCUT2D eigenvalue weighted by atomic mass is 16.6. The molecule has 2 aromatic rings. The summed E-state index contributed by atoms with van der Waals surface area (Å²) in [5.41, 5.74) is 3.40. The molecule has 4 rings (SSSR count). The average molecular weight is 348 g/mol. The summed E-state index contributed by atoms with van der Waals surface area (Å²) < 4.78 is 5.56. The normalized spacial score (nSPS) is 24.7. The van der Waals surface area contributed by atoms with Crippen LogP contribution in [0, 0.1) is 12.8 Å². The Morgan fingerprint density at radius 1 is 1.12 bits per heavy atom. The molecule has 2 heterocycles. The summed E-state index contributed by atoms with van der Waals surface area (Å²) in [6, 6.07) is 16.6. The number of amides is 1. The highest BCUT2D eigenvalue weighted by Gasteiger charge is 2.50. The van der Waals surface area contributed by atoms with E-state index in [2.05, 4.69) is 5.10 Å². The minimum absolute atomic E-state index is 0.213. The molecule has 0 spiro atoms. The summed E-state index contributed by atoms with van der Waals surface area (Å²) in [4.78, 5) is 25.2. The third-order valence-electron chi connectivity index (χ3n) is 5.05. The van der Waals surface area contributed by atoms with Gasteiger partial charge in [-0.05, 0) is 31.5 Å². The molecule has 2 aliphatic heterocycles. The zero-order valence-electron chi connectivity index (χ0n) is 14.8. The quantitative estimate of drug-likeness (QED) is 0.783. The second-order valence-corrected chi connectivity index (χ2v) is 6.89. The number of aryl methyl sites for hydroxylation is 1. The van der Waals surface area contributed by atoms with Crippen LogP contribution >= 0.6 is 0 Å². The second kappa shape index (κ2) is 6.41. The van der Waals surface area contributed by atoms with Gasteiger partial charge < -0.3 is 4.74 Å². The molecule has 0 bridgehead atoms. The monoisotopic (exact) mass is 348 g/mol. The molecule has 1 amide bonds. The van der Waals surface area contributed by atoms with Gasteiger partial charge in [0, 0.05) is 12.0 Å². The lowest BCUT2D eigenvalue weighted by atomic mass is 9.92. The number of rotatable bonds is 2. The standard InChI is InChI=1S/C21H20N2O3/c1-13-8-10-15(11-9-13)17-12-18-19(14(2)21(25)26-18)23(22-17)20(24)16-6-4-3-5-7-16/h3-11,14,18-19H,12H2,1-2H3/t14-,18+,19+/m0/s1. The van der Waals surface area contributed by atoms with Gasteiger partial charge in [0.15, 0.2) is 0 Å². The smallest absolute Gasteiger partial charge is 0.311 e. The average Bonchev–Trinajstić information content (AvgIpc) is 2.96. The van der Waals surface area contributed by atoms with Gasteiger partial charge in [0.1, 0.15) is 12.1 Å². The van der Waals surface area contributed by atoms with Crippen LogP contribution in [0.1, 0.15) is 34.8 Å². The fourth-order valence-electron chi connectivity index (χ4n) is 3.56. The van der Waals surface area contributed by atoms with Crippen LogP contribution in [-0.4, -0.2) is 34.7 Å². The predicted octanol–water partition coefficient (Wildman–Crippen LogP) is 3.18. The Morgan fingerprint density at radius 2 is 1.81 bits per heavy atom. The third kappa shape index (κ3) is 2.79. The van der Waals surface area contributed by atoms with Crippen LogP contribution in [0.2, 0.25) is 0 Å². The minimum atomic E-state index is -0.393. The number of hydrogen-bond donors (Lipinski definition) is 0. The predicted molar refractivity (Wildman–Crippen MR) is 97.8 cm³/mol. The van der Waals surface area contributed by atoms with Gasteiger partial charge in [-0.1, -0.05) is 48.0 Å². The van der Waals surface area contributed by atoms with Gasteiger partial charge in [-0.15, -0.1) is 0 Å². The Bertz CT molecular complexity index is 874. The van der Waals surface area contributed by atoms with Gasteiger partial charge in [-0.25, -0.2) is 5.01 Å². The highest BCUT2D eigenvalue weighted by Crippen LogP contribution is 2.34. The van der Waals surface area contributed by atoms with Crippen LogP contribution < -0.4 is 0 Å². The van der Waals surface area contributed by atoms with Crippen LogP contribution in [0.15, 0.2) is 59.7 Å². The molecule has 1 saturated heterocycles. The Balaban J connectivity index is 1.76. The summed E-state index contributed by atoms with van der Waals surface area (Å²) in [5.74, 6) is -0.878. The number of esters is 1. The fourth-order valence-corrected chi connectivity index (χ4v) is 3.56. The van der Waals surface area contributed by atoms with Gasteiger partial charge in [0.05, 0.1) is 11.6 Å². The first-order valence-electron chi connectivity index (χ1n) is 8.78. The van der Waals surface area contributed by atoms with E-state index < -0.39 is 5.92 Å². The molecule has 5 nitrogen and oxygen atoms in total. The molecule has 2 aromatic carbocycles. The van der Waals surface area contributed by atoms with E-state index in [0.717, 1.165) is 16.8 Å². The number of hydrogen-bond acceptors (Lipinski definition) is 4. The summed E-state index contributed by atoms with van der Waals surface area (Å²) in [5, 5.41) is 6.11. The molecule has 1 fully saturated rings. The minimum Gasteiger partial charge on any atom is -0.459 e. The molecule has 0 aliphatic carbocycles. The molecule has 0 aromatic heterocycles. The van der Waals surface area contributed by atoms with Crippen LogP contribution in [0.3, 0.4) is 0 Å². The Morgan fingerprint density at radius 3 is 2.50 bits per heavy atom. The zero-order chi connectivity index (χ0) is 18.3. The maximum absolute atomic E-state index is 13.1. The van der Waals surface area contributed by atoms with Gasteiger partial charge in [-0.2, -0.15) is 5.10 Å². The fraction of sp³-hybridized carbons (Fsp3) is 0.286. The molecule has 3 atom stereocenters. The van der Waals surface area contributed by atoms with E-state index in [1.165, 1.54) is 5.01 Å². The van der Waals surface area contributed by atoms with E-state index in [-0.39, 0.29) is 24.0 Å². The Hall–Kier alpha value is -2.95. The van der Waals surface area contributed by atoms with Gasteiger partial charge >= 0.3 is 5.97 Å². The van der Waals surface area contributed by atoms with E-state index in [1.54, 1.807) is 19.1 Å². The lowest BCUT2D eigenvalue weighted by Crippen LogP contribution is -2.49. The van der Waals surface area contributed by atoms with Crippen molar-refractivity contribution in [2.24, 2.45) is 11.0 Å². The van der Waals surface area contributed by atoms with Crippen molar-refractivity contribution in [1.82, 2.24) is 5.01 Å². The van der Waals surface area contributed by atoms with Crippen molar-refractivity contribution in [3.8, 4) is 0 Å². The van der Waals surface area contributed by atoms with Crippen LogP contribution in [0.25, 0.3) is 0 Å². The summed E-state index contributed by atoms with van der Waals surface area (Å²) in [6.07, 6.45) is 0.154. The van der Waals surface area contributed by atoms with Crippen LogP contribution in [0.5, 0.6) is 0 Å². The van der Waals surface area contributed by atoms with Gasteiger partial charge in [0.2, 0.25) is 0 Å². The number of hydrazone groups is 1. The van der Waals surface area contributed by atoms with E-state index in [0.29, 0.717) is 12.0 Å². The van der Waals surface area contributed by atoms with Crippen LogP contribution in [0.4, 0.5) is 0 Å². The molecule has 2 aliphatic rings. The largest absolute Gasteiger partial charge is 0.459 e. The molecule has 132 valence electrons. The molecule has 0 unspecified atom stereocenters. The third-order valence-corrected chi connectivity index (χ3v) is 5.05. The first-order valence-corrected chi connectivity index (χ1v) is 8.78. The first kappa shape index (κ1) is 16.5. The Kier molecular flexibility index (Phi) is 4.07. The van der Waals surface area contributed by atoms with E-state index in [9.17, 15) is 9.59 Å². The van der Waals surface area contributed by atoms with Crippen molar-refractivity contribution >= 4 is 17.6 Å². The van der Waals surface area contributed by atoms with Crippen LogP contribution in [-0.2, 0) is 9.53 Å². The van der Waals surface area contributed by atoms with E-state index in [4.69, 9.17) is 4.74 Å². The molecular formula is C21H20N2O3. The number of benzene rings is 2. The topological polar surface area (TPSA) is 59.0 Å². The molecule has 0 N–H and O–H groups in total. The Labute approximate surface area is 152 Å². The molecular weight excluding hydrogens is 328 g/mol. The van der Waals surface area contributed by atoms with Crippen molar-refractivity contribution in [3.05, 3.63) is 71.3 Å². The van der Waals surface area contributed by atoms with Crippen molar-refractivity contribution in [1.29, 1.82) is 0 Å². The molecule has 0 saturated carbocycles. The van der Waals surface area contributed by atoms with Crippen molar-refractivity contribution in [3.63, 3.8) is 0 Å². The number of nitrogens with zero attached hydrogens (tertiary/aromatic N) is 2. The van der Waals surface area contributed by atoms with Crippen molar-refractivity contribution in [2.45, 2.75) is 32.4 Å².